The molecular formula is C9H17NO4. The fourth-order valence-corrected chi connectivity index (χ4v) is 1.72. The van der Waals surface area contributed by atoms with Crippen LogP contribution in [0.4, 0.5) is 0 Å². The molecule has 0 amide bonds. The van der Waals surface area contributed by atoms with Gasteiger partial charge in [0.2, 0.25) is 0 Å². The first-order chi connectivity index (χ1) is 6.18. The van der Waals surface area contributed by atoms with E-state index in [0.29, 0.717) is 6.42 Å². The lowest BCUT2D eigenvalue weighted by Gasteiger charge is -2.30. The van der Waals surface area contributed by atoms with Crippen molar-refractivity contribution in [2.75, 3.05) is 0 Å². The van der Waals surface area contributed by atoms with E-state index in [1.807, 2.05) is 0 Å². The lowest BCUT2D eigenvalue weighted by Crippen LogP contribution is -2.40. The van der Waals surface area contributed by atoms with E-state index in [4.69, 9.17) is 15.9 Å². The van der Waals surface area contributed by atoms with E-state index >= 15 is 0 Å². The van der Waals surface area contributed by atoms with Crippen LogP contribution in [0.1, 0.15) is 27.2 Å². The summed E-state index contributed by atoms with van der Waals surface area (Å²) in [5, 5.41) is 17.5. The molecule has 5 nitrogen and oxygen atoms in total. The molecule has 1 atom stereocenters. The van der Waals surface area contributed by atoms with Crippen molar-refractivity contribution in [1.82, 2.24) is 0 Å². The normalized spacial score (nSPS) is 14.1. The van der Waals surface area contributed by atoms with Crippen LogP contribution in [0.5, 0.6) is 0 Å². The molecule has 0 radical (unpaired) electrons. The minimum atomic E-state index is -1.41. The van der Waals surface area contributed by atoms with E-state index in [1.54, 1.807) is 20.8 Å². The van der Waals surface area contributed by atoms with Gasteiger partial charge >= 0.3 is 11.9 Å². The van der Waals surface area contributed by atoms with E-state index in [1.165, 1.54) is 0 Å². The molecule has 0 aliphatic carbocycles. The number of nitrogens with two attached hydrogens (primary N) is 1. The van der Waals surface area contributed by atoms with Crippen molar-refractivity contribution in [3.8, 4) is 0 Å². The number of aliphatic carboxylic acids is 2. The Bertz CT molecular complexity index is 221. The largest absolute Gasteiger partial charge is 0.481 e. The van der Waals surface area contributed by atoms with Gasteiger partial charge in [-0.05, 0) is 18.8 Å². The number of hydrogen-bond donors (Lipinski definition) is 3. The van der Waals surface area contributed by atoms with Crippen LogP contribution in [0.15, 0.2) is 0 Å². The number of rotatable bonds is 5. The van der Waals surface area contributed by atoms with Gasteiger partial charge in [0.1, 0.15) is 0 Å². The van der Waals surface area contributed by atoms with E-state index in [2.05, 4.69) is 0 Å². The zero-order valence-electron chi connectivity index (χ0n) is 8.65. The van der Waals surface area contributed by atoms with Gasteiger partial charge < -0.3 is 15.9 Å². The SMILES string of the molecule is C[C@H](N)CC(C)(C)C(C(=O)O)C(=O)O. The average molecular weight is 203 g/mol. The smallest absolute Gasteiger partial charge is 0.318 e. The number of hydrogen-bond acceptors (Lipinski definition) is 3. The Morgan fingerprint density at radius 3 is 1.86 bits per heavy atom. The topological polar surface area (TPSA) is 101 Å². The highest BCUT2D eigenvalue weighted by Crippen LogP contribution is 2.32. The number of carboxylic acids is 2. The van der Waals surface area contributed by atoms with Crippen molar-refractivity contribution in [2.24, 2.45) is 17.1 Å². The highest BCUT2D eigenvalue weighted by atomic mass is 16.4. The predicted octanol–water partition coefficient (Wildman–Crippen LogP) is 0.535. The molecule has 0 fully saturated rings. The predicted molar refractivity (Wildman–Crippen MR) is 50.8 cm³/mol. The average Bonchev–Trinajstić information content (AvgIpc) is 1.77. The van der Waals surface area contributed by atoms with E-state index in [-0.39, 0.29) is 6.04 Å². The Morgan fingerprint density at radius 2 is 1.64 bits per heavy atom. The van der Waals surface area contributed by atoms with Crippen molar-refractivity contribution in [2.45, 2.75) is 33.2 Å². The highest BCUT2D eigenvalue weighted by Gasteiger charge is 2.41. The molecule has 5 heteroatoms. The lowest BCUT2D eigenvalue weighted by molar-refractivity contribution is -0.160. The van der Waals surface area contributed by atoms with Crippen LogP contribution < -0.4 is 5.73 Å². The number of carboxylic acid groups (broad SMARTS) is 2. The molecule has 4 N–H and O–H groups in total. The van der Waals surface area contributed by atoms with Crippen LogP contribution in [-0.4, -0.2) is 28.2 Å². The van der Waals surface area contributed by atoms with Crippen LogP contribution in [0.2, 0.25) is 0 Å². The van der Waals surface area contributed by atoms with Crippen LogP contribution >= 0.6 is 0 Å². The summed E-state index contributed by atoms with van der Waals surface area (Å²) in [6.07, 6.45) is 0.357. The molecule has 0 aliphatic heterocycles. The summed E-state index contributed by atoms with van der Waals surface area (Å²) in [6, 6.07) is -0.216. The van der Waals surface area contributed by atoms with Gasteiger partial charge in [-0.15, -0.1) is 0 Å². The molecule has 0 rings (SSSR count). The Labute approximate surface area is 82.9 Å². The summed E-state index contributed by atoms with van der Waals surface area (Å²) in [4.78, 5) is 21.5. The lowest BCUT2D eigenvalue weighted by atomic mass is 9.74. The molecular weight excluding hydrogens is 186 g/mol. The van der Waals surface area contributed by atoms with Crippen molar-refractivity contribution >= 4 is 11.9 Å². The quantitative estimate of drug-likeness (QED) is 0.566. The molecule has 0 saturated carbocycles. The molecule has 82 valence electrons. The van der Waals surface area contributed by atoms with Crippen molar-refractivity contribution in [3.05, 3.63) is 0 Å². The second kappa shape index (κ2) is 4.41. The van der Waals surface area contributed by atoms with Crippen LogP contribution in [0.3, 0.4) is 0 Å². The van der Waals surface area contributed by atoms with Gasteiger partial charge in [-0.2, -0.15) is 0 Å². The summed E-state index contributed by atoms with van der Waals surface area (Å²) < 4.78 is 0. The van der Waals surface area contributed by atoms with Crippen LogP contribution in [-0.2, 0) is 9.59 Å². The first-order valence-electron chi connectivity index (χ1n) is 4.39. The molecule has 0 aliphatic rings. The van der Waals surface area contributed by atoms with Gasteiger partial charge in [-0.3, -0.25) is 9.59 Å². The van der Waals surface area contributed by atoms with E-state index in [0.717, 1.165) is 0 Å². The molecule has 0 saturated heterocycles. The van der Waals surface area contributed by atoms with E-state index < -0.39 is 23.3 Å². The Kier molecular flexibility index (Phi) is 4.07. The van der Waals surface area contributed by atoms with Crippen molar-refractivity contribution < 1.29 is 19.8 Å². The van der Waals surface area contributed by atoms with Gasteiger partial charge in [-0.25, -0.2) is 0 Å². The van der Waals surface area contributed by atoms with Gasteiger partial charge in [0.05, 0.1) is 0 Å². The van der Waals surface area contributed by atoms with Crippen molar-refractivity contribution in [3.63, 3.8) is 0 Å². The molecule has 0 bridgehead atoms. The summed E-state index contributed by atoms with van der Waals surface area (Å²) in [7, 11) is 0. The summed E-state index contributed by atoms with van der Waals surface area (Å²) in [6.45, 7) is 4.93. The van der Waals surface area contributed by atoms with Crippen LogP contribution in [0, 0.1) is 11.3 Å². The Balaban J connectivity index is 4.80. The second-order valence-corrected chi connectivity index (χ2v) is 4.28. The molecule has 0 aromatic carbocycles. The van der Waals surface area contributed by atoms with Crippen molar-refractivity contribution in [1.29, 1.82) is 0 Å². The van der Waals surface area contributed by atoms with Gasteiger partial charge in [0.25, 0.3) is 0 Å². The van der Waals surface area contributed by atoms with Gasteiger partial charge in [0, 0.05) is 6.04 Å². The molecule has 0 heterocycles. The number of carbonyl (C=O) groups is 2. The van der Waals surface area contributed by atoms with E-state index in [9.17, 15) is 9.59 Å². The minimum Gasteiger partial charge on any atom is -0.481 e. The standard InChI is InChI=1S/C9H17NO4/c1-5(10)4-9(2,3)6(7(11)12)8(13)14/h5-6H,4,10H2,1-3H3,(H,11,12)(H,13,14)/t5-/m0/s1. The van der Waals surface area contributed by atoms with Gasteiger partial charge in [-0.1, -0.05) is 13.8 Å². The molecule has 0 spiro atoms. The second-order valence-electron chi connectivity index (χ2n) is 4.28. The maximum Gasteiger partial charge on any atom is 0.318 e. The Hall–Kier alpha value is -1.10. The first kappa shape index (κ1) is 12.9. The zero-order valence-corrected chi connectivity index (χ0v) is 8.65. The minimum absolute atomic E-state index is 0.216. The maximum atomic E-state index is 10.7. The van der Waals surface area contributed by atoms with Crippen LogP contribution in [0.25, 0.3) is 0 Å². The third kappa shape index (κ3) is 3.33. The molecule has 0 unspecified atom stereocenters. The molecule has 14 heavy (non-hydrogen) atoms. The zero-order chi connectivity index (χ0) is 11.5. The first-order valence-corrected chi connectivity index (χ1v) is 4.39. The molecule has 0 aromatic rings. The summed E-state index contributed by atoms with van der Waals surface area (Å²) in [5.41, 5.74) is 4.69. The third-order valence-corrected chi connectivity index (χ3v) is 2.12. The van der Waals surface area contributed by atoms with Gasteiger partial charge in [0.15, 0.2) is 5.92 Å². The maximum absolute atomic E-state index is 10.7. The molecule has 0 aromatic heterocycles. The fraction of sp³-hybridized carbons (Fsp3) is 0.778. The summed E-state index contributed by atoms with van der Waals surface area (Å²) >= 11 is 0. The monoisotopic (exact) mass is 203 g/mol. The fourth-order valence-electron chi connectivity index (χ4n) is 1.72. The summed E-state index contributed by atoms with van der Waals surface area (Å²) in [5.74, 6) is -4.04. The Morgan fingerprint density at radius 1 is 1.29 bits per heavy atom. The highest BCUT2D eigenvalue weighted by molar-refractivity contribution is 5.93. The third-order valence-electron chi connectivity index (χ3n) is 2.12.